The Labute approximate surface area is 180 Å². The van der Waals surface area contributed by atoms with Crippen LogP contribution in [0.5, 0.6) is 0 Å². The zero-order valence-corrected chi connectivity index (χ0v) is 19.0. The lowest BCUT2D eigenvalue weighted by molar-refractivity contribution is 0.129. The van der Waals surface area contributed by atoms with E-state index in [9.17, 15) is 0 Å². The fourth-order valence-electron chi connectivity index (χ4n) is 5.99. The highest BCUT2D eigenvalue weighted by Gasteiger charge is 2.47. The van der Waals surface area contributed by atoms with Crippen LogP contribution in [0.3, 0.4) is 0 Å². The van der Waals surface area contributed by atoms with Crippen LogP contribution in [0.1, 0.15) is 66.5 Å². The van der Waals surface area contributed by atoms with Crippen molar-refractivity contribution in [2.24, 2.45) is 5.41 Å². The second-order valence-corrected chi connectivity index (χ2v) is 10.9. The first kappa shape index (κ1) is 18.6. The van der Waals surface area contributed by atoms with E-state index in [0.717, 1.165) is 17.1 Å². The van der Waals surface area contributed by atoms with Gasteiger partial charge < -0.3 is 10.3 Å². The Morgan fingerprint density at radius 1 is 1.27 bits per heavy atom. The van der Waals surface area contributed by atoms with E-state index in [1.54, 1.807) is 11.2 Å². The van der Waals surface area contributed by atoms with Crippen LogP contribution in [0.4, 0.5) is 0 Å². The van der Waals surface area contributed by atoms with Crippen molar-refractivity contribution in [3.63, 3.8) is 0 Å². The molecule has 1 spiro atoms. The Kier molecular flexibility index (Phi) is 3.97. The summed E-state index contributed by atoms with van der Waals surface area (Å²) in [5, 5.41) is 9.41. The molecule has 5 heterocycles. The number of nitrogens with one attached hydrogen (secondary N) is 2. The van der Waals surface area contributed by atoms with E-state index in [2.05, 4.69) is 60.3 Å². The molecular formula is C24H29N5S. The number of nitrogens with zero attached hydrogens (tertiary/aromatic N) is 3. The molecule has 0 atom stereocenters. The van der Waals surface area contributed by atoms with E-state index < -0.39 is 0 Å². The Hall–Kier alpha value is -2.18. The lowest BCUT2D eigenvalue weighted by Gasteiger charge is -2.45. The second-order valence-electron chi connectivity index (χ2n) is 9.84. The van der Waals surface area contributed by atoms with E-state index in [4.69, 9.17) is 0 Å². The first-order valence-corrected chi connectivity index (χ1v) is 11.9. The summed E-state index contributed by atoms with van der Waals surface area (Å²) in [5.41, 5.74) is 8.05. The standard InChI is InChI=1S/C24H29N5S/c1-13(2)18-19-15(4)21(17-8-24(9-17)5-6-25-11-24)30-23(19)28-20(18)16-7-14(3)22-26-12-27-29(22)10-16/h7,10,12-13,17,25,28H,5-6,8-9,11H2,1-4H3. The average molecular weight is 420 g/mol. The molecule has 4 aromatic rings. The molecule has 0 bridgehead atoms. The number of thiophene rings is 1. The van der Waals surface area contributed by atoms with E-state index >= 15 is 0 Å². The molecule has 1 saturated heterocycles. The zero-order chi connectivity index (χ0) is 20.6. The first-order chi connectivity index (χ1) is 14.5. The third-order valence-electron chi connectivity index (χ3n) is 7.45. The number of aryl methyl sites for hydroxylation is 2. The first-order valence-electron chi connectivity index (χ1n) is 11.1. The molecule has 2 fully saturated rings. The van der Waals surface area contributed by atoms with Crippen LogP contribution in [-0.2, 0) is 0 Å². The number of hydrogen-bond acceptors (Lipinski definition) is 4. The number of aromatic nitrogens is 4. The van der Waals surface area contributed by atoms with Crippen molar-refractivity contribution in [2.45, 2.75) is 58.8 Å². The van der Waals surface area contributed by atoms with Crippen molar-refractivity contribution in [1.29, 1.82) is 0 Å². The maximum absolute atomic E-state index is 4.38. The van der Waals surface area contributed by atoms with Gasteiger partial charge in [-0.1, -0.05) is 13.8 Å². The molecule has 2 aliphatic rings. The van der Waals surface area contributed by atoms with E-state index in [1.807, 2.05) is 15.9 Å². The van der Waals surface area contributed by atoms with Gasteiger partial charge in [0, 0.05) is 28.6 Å². The van der Waals surface area contributed by atoms with Crippen LogP contribution < -0.4 is 5.32 Å². The Morgan fingerprint density at radius 3 is 2.83 bits per heavy atom. The monoisotopic (exact) mass is 419 g/mol. The largest absolute Gasteiger partial charge is 0.346 e. The molecule has 0 radical (unpaired) electrons. The van der Waals surface area contributed by atoms with Gasteiger partial charge in [-0.3, -0.25) is 0 Å². The van der Waals surface area contributed by atoms with Gasteiger partial charge in [0.2, 0.25) is 0 Å². The number of rotatable bonds is 3. The smallest absolute Gasteiger partial charge is 0.158 e. The topological polar surface area (TPSA) is 58.0 Å². The molecule has 2 N–H and O–H groups in total. The number of fused-ring (bicyclic) bond motifs is 2. The molecule has 0 unspecified atom stereocenters. The SMILES string of the molecule is Cc1c(C2CC3(CCNC3)C2)sc2[nH]c(-c3cc(C)c4ncnn4c3)c(C(C)C)c12. The van der Waals surface area contributed by atoms with Gasteiger partial charge in [0.15, 0.2) is 5.65 Å². The Balaban J connectivity index is 1.45. The molecule has 1 aliphatic carbocycles. The summed E-state index contributed by atoms with van der Waals surface area (Å²) in [6.45, 7) is 11.5. The van der Waals surface area contributed by atoms with Gasteiger partial charge in [0.05, 0.1) is 5.69 Å². The Morgan fingerprint density at radius 2 is 2.10 bits per heavy atom. The Bertz CT molecular complexity index is 1260. The highest BCUT2D eigenvalue weighted by Crippen LogP contribution is 2.57. The van der Waals surface area contributed by atoms with Crippen molar-refractivity contribution >= 4 is 27.2 Å². The predicted molar refractivity (Wildman–Crippen MR) is 124 cm³/mol. The molecule has 1 aliphatic heterocycles. The van der Waals surface area contributed by atoms with Gasteiger partial charge in [-0.05, 0) is 79.7 Å². The summed E-state index contributed by atoms with van der Waals surface area (Å²) in [6, 6.07) is 2.24. The molecule has 0 aromatic carbocycles. The summed E-state index contributed by atoms with van der Waals surface area (Å²) < 4.78 is 1.89. The summed E-state index contributed by atoms with van der Waals surface area (Å²) in [4.78, 5) is 11.1. The maximum Gasteiger partial charge on any atom is 0.158 e. The normalized spacial score (nSPS) is 24.0. The van der Waals surface area contributed by atoms with Gasteiger partial charge in [0.25, 0.3) is 0 Å². The fraction of sp³-hybridized carbons (Fsp3) is 0.500. The van der Waals surface area contributed by atoms with Gasteiger partial charge in [-0.2, -0.15) is 5.10 Å². The molecule has 4 aromatic heterocycles. The second kappa shape index (κ2) is 6.41. The van der Waals surface area contributed by atoms with Crippen LogP contribution in [0.15, 0.2) is 18.6 Å². The van der Waals surface area contributed by atoms with Crippen LogP contribution in [0.2, 0.25) is 0 Å². The summed E-state index contributed by atoms with van der Waals surface area (Å²) in [6.07, 6.45) is 7.81. The van der Waals surface area contributed by atoms with Crippen molar-refractivity contribution < 1.29 is 0 Å². The number of hydrogen-bond donors (Lipinski definition) is 2. The minimum atomic E-state index is 0.452. The highest BCUT2D eigenvalue weighted by atomic mass is 32.1. The van der Waals surface area contributed by atoms with Crippen molar-refractivity contribution in [1.82, 2.24) is 24.9 Å². The molecule has 1 saturated carbocycles. The van der Waals surface area contributed by atoms with Crippen molar-refractivity contribution in [3.8, 4) is 11.3 Å². The quantitative estimate of drug-likeness (QED) is 0.459. The molecule has 156 valence electrons. The number of aromatic amines is 1. The third-order valence-corrected chi connectivity index (χ3v) is 8.82. The lowest BCUT2D eigenvalue weighted by Crippen LogP contribution is -2.37. The molecule has 0 amide bonds. The molecule has 6 heteroatoms. The van der Waals surface area contributed by atoms with Crippen molar-refractivity contribution in [2.75, 3.05) is 13.1 Å². The van der Waals surface area contributed by atoms with E-state index in [1.165, 1.54) is 65.0 Å². The summed E-state index contributed by atoms with van der Waals surface area (Å²) >= 11 is 2.00. The van der Waals surface area contributed by atoms with Crippen molar-refractivity contribution in [3.05, 3.63) is 40.2 Å². The maximum atomic E-state index is 4.38. The van der Waals surface area contributed by atoms with Gasteiger partial charge in [-0.25, -0.2) is 9.50 Å². The highest BCUT2D eigenvalue weighted by molar-refractivity contribution is 7.19. The molecule has 6 rings (SSSR count). The van der Waals surface area contributed by atoms with E-state index in [0.29, 0.717) is 11.3 Å². The minimum Gasteiger partial charge on any atom is -0.346 e. The summed E-state index contributed by atoms with van der Waals surface area (Å²) in [7, 11) is 0. The average Bonchev–Trinajstić information content (AvgIpc) is 3.44. The number of H-pyrrole nitrogens is 1. The van der Waals surface area contributed by atoms with Crippen LogP contribution in [-0.4, -0.2) is 32.7 Å². The van der Waals surface area contributed by atoms with E-state index in [-0.39, 0.29) is 0 Å². The van der Waals surface area contributed by atoms with Gasteiger partial charge in [0.1, 0.15) is 11.2 Å². The predicted octanol–water partition coefficient (Wildman–Crippen LogP) is 5.54. The minimum absolute atomic E-state index is 0.452. The summed E-state index contributed by atoms with van der Waals surface area (Å²) in [5.74, 6) is 1.20. The lowest BCUT2D eigenvalue weighted by atomic mass is 9.61. The van der Waals surface area contributed by atoms with Crippen LogP contribution in [0, 0.1) is 19.3 Å². The molecular weight excluding hydrogens is 390 g/mol. The molecule has 30 heavy (non-hydrogen) atoms. The van der Waals surface area contributed by atoms with Gasteiger partial charge >= 0.3 is 0 Å². The zero-order valence-electron chi connectivity index (χ0n) is 18.2. The van der Waals surface area contributed by atoms with Crippen LogP contribution >= 0.6 is 11.3 Å². The third kappa shape index (κ3) is 2.56. The number of pyridine rings is 1. The van der Waals surface area contributed by atoms with Gasteiger partial charge in [-0.15, -0.1) is 11.3 Å². The molecule has 5 nitrogen and oxygen atoms in total. The van der Waals surface area contributed by atoms with Crippen LogP contribution in [0.25, 0.3) is 27.1 Å². The fourth-order valence-corrected chi connectivity index (χ4v) is 7.32.